The molecule has 5 heteroatoms. The van der Waals surface area contributed by atoms with E-state index in [1.54, 1.807) is 42.5 Å². The lowest BCUT2D eigenvalue weighted by molar-refractivity contribution is 0.525. The highest BCUT2D eigenvalue weighted by atomic mass is 16.3. The first kappa shape index (κ1) is 12.9. The Morgan fingerprint density at radius 2 is 2.14 bits per heavy atom. The van der Waals surface area contributed by atoms with Crippen molar-refractivity contribution in [3.8, 4) is 6.07 Å². The average Bonchev–Trinajstić information content (AvgIpc) is 2.90. The molecule has 102 valence electrons. The third kappa shape index (κ3) is 2.47. The predicted molar refractivity (Wildman–Crippen MR) is 79.3 cm³/mol. The SMILES string of the molecule is Cc1ccc(/C=C(/C#N)c2nc3ccccc3c(=O)[nH]2)o1. The molecule has 0 radical (unpaired) electrons. The van der Waals surface area contributed by atoms with E-state index >= 15 is 0 Å². The van der Waals surface area contributed by atoms with Crippen LogP contribution in [0.4, 0.5) is 0 Å². The van der Waals surface area contributed by atoms with E-state index in [1.807, 2.05) is 13.0 Å². The summed E-state index contributed by atoms with van der Waals surface area (Å²) in [5.41, 5.74) is 0.521. The predicted octanol–water partition coefficient (Wildman–Crippen LogP) is 2.89. The first-order valence-electron chi connectivity index (χ1n) is 6.35. The van der Waals surface area contributed by atoms with E-state index < -0.39 is 0 Å². The van der Waals surface area contributed by atoms with Crippen molar-refractivity contribution in [2.24, 2.45) is 0 Å². The average molecular weight is 277 g/mol. The Morgan fingerprint density at radius 1 is 1.33 bits per heavy atom. The van der Waals surface area contributed by atoms with Gasteiger partial charge in [-0.05, 0) is 31.2 Å². The Labute approximate surface area is 120 Å². The van der Waals surface area contributed by atoms with Gasteiger partial charge in [-0.3, -0.25) is 4.79 Å². The molecule has 3 rings (SSSR count). The van der Waals surface area contributed by atoms with Gasteiger partial charge in [-0.1, -0.05) is 12.1 Å². The highest BCUT2D eigenvalue weighted by Gasteiger charge is 2.08. The second kappa shape index (κ2) is 5.10. The summed E-state index contributed by atoms with van der Waals surface area (Å²) in [4.78, 5) is 19.0. The summed E-state index contributed by atoms with van der Waals surface area (Å²) in [6, 6.07) is 12.6. The van der Waals surface area contributed by atoms with Crippen LogP contribution in [-0.4, -0.2) is 9.97 Å². The minimum absolute atomic E-state index is 0.232. The van der Waals surface area contributed by atoms with Crippen LogP contribution in [0.1, 0.15) is 17.3 Å². The molecule has 0 aliphatic heterocycles. The number of benzene rings is 1. The fourth-order valence-corrected chi connectivity index (χ4v) is 2.04. The molecule has 21 heavy (non-hydrogen) atoms. The summed E-state index contributed by atoms with van der Waals surface area (Å²) in [7, 11) is 0. The number of hydrogen-bond acceptors (Lipinski definition) is 4. The maximum Gasteiger partial charge on any atom is 0.259 e. The van der Waals surface area contributed by atoms with Crippen LogP contribution in [0.15, 0.2) is 45.6 Å². The Hall–Kier alpha value is -3.13. The first-order chi connectivity index (χ1) is 10.2. The molecule has 2 heterocycles. The van der Waals surface area contributed by atoms with Crippen LogP contribution >= 0.6 is 0 Å². The molecular formula is C16H11N3O2. The standard InChI is InChI=1S/C16H11N3O2/c1-10-6-7-12(21-10)8-11(9-17)15-18-14-5-3-2-4-13(14)16(20)19-15/h2-8H,1H3,(H,18,19,20)/b11-8-. The van der Waals surface area contributed by atoms with Gasteiger partial charge in [0.1, 0.15) is 17.6 Å². The van der Waals surface area contributed by atoms with E-state index in [9.17, 15) is 10.1 Å². The number of H-pyrrole nitrogens is 1. The lowest BCUT2D eigenvalue weighted by Gasteiger charge is -2.01. The maximum atomic E-state index is 12.0. The largest absolute Gasteiger partial charge is 0.462 e. The lowest BCUT2D eigenvalue weighted by Crippen LogP contribution is -2.11. The van der Waals surface area contributed by atoms with Gasteiger partial charge in [-0.2, -0.15) is 5.26 Å². The number of aromatic nitrogens is 2. The van der Waals surface area contributed by atoms with E-state index in [0.29, 0.717) is 16.7 Å². The molecule has 2 aromatic heterocycles. The Morgan fingerprint density at radius 3 is 2.86 bits per heavy atom. The molecule has 0 aliphatic rings. The van der Waals surface area contributed by atoms with Gasteiger partial charge in [0.25, 0.3) is 5.56 Å². The summed E-state index contributed by atoms with van der Waals surface area (Å²) in [6.45, 7) is 1.82. The number of nitrogens with zero attached hydrogens (tertiary/aromatic N) is 2. The van der Waals surface area contributed by atoms with Crippen LogP contribution in [0.25, 0.3) is 22.6 Å². The van der Waals surface area contributed by atoms with E-state index in [1.165, 1.54) is 0 Å². The van der Waals surface area contributed by atoms with Crippen molar-refractivity contribution in [3.05, 3.63) is 64.1 Å². The normalized spacial score (nSPS) is 11.5. The highest BCUT2D eigenvalue weighted by molar-refractivity contribution is 5.88. The third-order valence-corrected chi connectivity index (χ3v) is 3.04. The lowest BCUT2D eigenvalue weighted by atomic mass is 10.2. The zero-order valence-corrected chi connectivity index (χ0v) is 11.3. The zero-order chi connectivity index (χ0) is 14.8. The summed E-state index contributed by atoms with van der Waals surface area (Å²) < 4.78 is 5.41. The Bertz CT molecular complexity index is 942. The van der Waals surface area contributed by atoms with Crippen molar-refractivity contribution in [1.29, 1.82) is 5.26 Å². The minimum Gasteiger partial charge on any atom is -0.462 e. The van der Waals surface area contributed by atoms with Gasteiger partial charge in [0.2, 0.25) is 0 Å². The number of nitriles is 1. The summed E-state index contributed by atoms with van der Waals surface area (Å²) in [5, 5.41) is 9.78. The summed E-state index contributed by atoms with van der Waals surface area (Å²) in [5.74, 6) is 1.52. The van der Waals surface area contributed by atoms with E-state index in [-0.39, 0.29) is 17.0 Å². The van der Waals surface area contributed by atoms with E-state index in [0.717, 1.165) is 5.76 Å². The van der Waals surface area contributed by atoms with Crippen LogP contribution in [0.2, 0.25) is 0 Å². The molecule has 0 amide bonds. The van der Waals surface area contributed by atoms with Gasteiger partial charge < -0.3 is 9.40 Å². The molecule has 0 saturated carbocycles. The fourth-order valence-electron chi connectivity index (χ4n) is 2.04. The quantitative estimate of drug-likeness (QED) is 0.730. The molecule has 0 saturated heterocycles. The second-order valence-corrected chi connectivity index (χ2v) is 4.55. The molecule has 1 aromatic carbocycles. The van der Waals surface area contributed by atoms with E-state index in [4.69, 9.17) is 4.42 Å². The zero-order valence-electron chi connectivity index (χ0n) is 11.3. The number of furan rings is 1. The number of aromatic amines is 1. The summed E-state index contributed by atoms with van der Waals surface area (Å²) in [6.07, 6.45) is 1.56. The number of nitrogens with one attached hydrogen (secondary N) is 1. The van der Waals surface area contributed by atoms with Gasteiger partial charge in [0.05, 0.1) is 16.5 Å². The smallest absolute Gasteiger partial charge is 0.259 e. The number of aryl methyl sites for hydroxylation is 1. The van der Waals surface area contributed by atoms with Gasteiger partial charge >= 0.3 is 0 Å². The van der Waals surface area contributed by atoms with Gasteiger partial charge in [0, 0.05) is 6.08 Å². The van der Waals surface area contributed by atoms with Crippen LogP contribution in [0, 0.1) is 18.3 Å². The van der Waals surface area contributed by atoms with E-state index in [2.05, 4.69) is 9.97 Å². The second-order valence-electron chi connectivity index (χ2n) is 4.55. The molecule has 0 bridgehead atoms. The topological polar surface area (TPSA) is 82.7 Å². The third-order valence-electron chi connectivity index (χ3n) is 3.04. The molecule has 0 unspecified atom stereocenters. The number of allylic oxidation sites excluding steroid dienone is 1. The van der Waals surface area contributed by atoms with Crippen molar-refractivity contribution >= 4 is 22.6 Å². The first-order valence-corrected chi connectivity index (χ1v) is 6.35. The number of rotatable bonds is 2. The summed E-state index contributed by atoms with van der Waals surface area (Å²) >= 11 is 0. The molecule has 0 spiro atoms. The molecule has 0 aliphatic carbocycles. The van der Waals surface area contributed by atoms with Crippen molar-refractivity contribution in [1.82, 2.24) is 9.97 Å². The van der Waals surface area contributed by atoms with Crippen LogP contribution in [0.5, 0.6) is 0 Å². The van der Waals surface area contributed by atoms with Crippen molar-refractivity contribution < 1.29 is 4.42 Å². The molecule has 1 N–H and O–H groups in total. The van der Waals surface area contributed by atoms with Crippen molar-refractivity contribution in [2.75, 3.05) is 0 Å². The number of para-hydroxylation sites is 1. The Balaban J connectivity index is 2.16. The van der Waals surface area contributed by atoms with Crippen LogP contribution in [0.3, 0.4) is 0 Å². The van der Waals surface area contributed by atoms with Gasteiger partial charge in [-0.25, -0.2) is 4.98 Å². The van der Waals surface area contributed by atoms with Gasteiger partial charge in [-0.15, -0.1) is 0 Å². The molecule has 3 aromatic rings. The van der Waals surface area contributed by atoms with Crippen LogP contribution in [-0.2, 0) is 0 Å². The molecule has 5 nitrogen and oxygen atoms in total. The van der Waals surface area contributed by atoms with Crippen LogP contribution < -0.4 is 5.56 Å². The molecule has 0 atom stereocenters. The molecular weight excluding hydrogens is 266 g/mol. The monoisotopic (exact) mass is 277 g/mol. The Kier molecular flexibility index (Phi) is 3.13. The molecule has 0 fully saturated rings. The van der Waals surface area contributed by atoms with Crippen molar-refractivity contribution in [3.63, 3.8) is 0 Å². The minimum atomic E-state index is -0.271. The maximum absolute atomic E-state index is 12.0. The fraction of sp³-hybridized carbons (Fsp3) is 0.0625. The van der Waals surface area contributed by atoms with Gasteiger partial charge in [0.15, 0.2) is 5.82 Å². The highest BCUT2D eigenvalue weighted by Crippen LogP contribution is 2.17. The number of hydrogen-bond donors (Lipinski definition) is 1. The van der Waals surface area contributed by atoms with Crippen molar-refractivity contribution in [2.45, 2.75) is 6.92 Å². The number of fused-ring (bicyclic) bond motifs is 1.